The maximum absolute atomic E-state index is 11.7. The van der Waals surface area contributed by atoms with Crippen LogP contribution in [-0.4, -0.2) is 35.0 Å². The summed E-state index contributed by atoms with van der Waals surface area (Å²) in [4.78, 5) is 24.1. The summed E-state index contributed by atoms with van der Waals surface area (Å²) in [5.41, 5.74) is 0.947. The van der Waals surface area contributed by atoms with Crippen LogP contribution in [0.25, 0.3) is 0 Å². The number of aromatic nitrogens is 1. The number of rotatable bonds is 2. The van der Waals surface area contributed by atoms with Crippen molar-refractivity contribution in [3.63, 3.8) is 0 Å². The topological polar surface area (TPSA) is 75.4 Å². The number of carbonyl (C=O) groups is 2. The zero-order valence-electron chi connectivity index (χ0n) is 9.02. The summed E-state index contributed by atoms with van der Waals surface area (Å²) in [5.74, 6) is 0.571. The van der Waals surface area contributed by atoms with Gasteiger partial charge in [-0.25, -0.2) is 0 Å². The van der Waals surface area contributed by atoms with Gasteiger partial charge in [-0.3, -0.25) is 9.59 Å². The molecule has 0 unspecified atom stereocenters. The smallest absolute Gasteiger partial charge is 0.242 e. The first kappa shape index (κ1) is 10.7. The van der Waals surface area contributed by atoms with Gasteiger partial charge in [0.25, 0.3) is 0 Å². The first-order chi connectivity index (χ1) is 7.66. The van der Waals surface area contributed by atoms with Gasteiger partial charge in [-0.15, -0.1) is 0 Å². The monoisotopic (exact) mass is 223 g/mol. The number of amides is 2. The highest BCUT2D eigenvalue weighted by atomic mass is 16.5. The van der Waals surface area contributed by atoms with Crippen molar-refractivity contribution in [1.82, 2.24) is 15.4 Å². The number of hydrogen-bond donors (Lipinski definition) is 1. The molecular formula is C10H13N3O3. The van der Waals surface area contributed by atoms with Crippen molar-refractivity contribution in [3.05, 3.63) is 17.5 Å². The number of fused-ring (bicyclic) bond motifs is 1. The van der Waals surface area contributed by atoms with Crippen LogP contribution >= 0.6 is 0 Å². The molecule has 0 aliphatic carbocycles. The maximum atomic E-state index is 11.7. The summed E-state index contributed by atoms with van der Waals surface area (Å²) < 4.78 is 5.02. The van der Waals surface area contributed by atoms with Crippen molar-refractivity contribution in [3.8, 4) is 0 Å². The van der Waals surface area contributed by atoms with Gasteiger partial charge in [-0.05, 0) is 0 Å². The van der Waals surface area contributed by atoms with Crippen molar-refractivity contribution < 1.29 is 14.1 Å². The first-order valence-corrected chi connectivity index (χ1v) is 5.11. The lowest BCUT2D eigenvalue weighted by Gasteiger charge is -2.25. The molecule has 16 heavy (non-hydrogen) atoms. The third kappa shape index (κ3) is 2.21. The molecule has 1 aliphatic rings. The third-order valence-corrected chi connectivity index (χ3v) is 2.54. The molecule has 0 spiro atoms. The summed E-state index contributed by atoms with van der Waals surface area (Å²) >= 11 is 0. The molecule has 1 aliphatic heterocycles. The largest absolute Gasteiger partial charge is 0.361 e. The Labute approximate surface area is 92.6 Å². The van der Waals surface area contributed by atoms with E-state index in [9.17, 15) is 9.59 Å². The van der Waals surface area contributed by atoms with Crippen LogP contribution in [0.2, 0.25) is 0 Å². The molecule has 1 aromatic rings. The normalized spacial score (nSPS) is 14.4. The molecule has 2 amide bonds. The van der Waals surface area contributed by atoms with Gasteiger partial charge in [0.15, 0.2) is 0 Å². The number of carbonyl (C=O) groups excluding carboxylic acids is 2. The molecule has 0 aromatic carbocycles. The van der Waals surface area contributed by atoms with Gasteiger partial charge in [-0.1, -0.05) is 5.16 Å². The molecule has 6 heteroatoms. The van der Waals surface area contributed by atoms with E-state index in [-0.39, 0.29) is 18.4 Å². The fraction of sp³-hybridized carbons (Fsp3) is 0.500. The molecule has 0 fully saturated rings. The molecule has 1 N–H and O–H groups in total. The molecule has 1 aromatic heterocycles. The van der Waals surface area contributed by atoms with Gasteiger partial charge in [0.05, 0.1) is 19.3 Å². The van der Waals surface area contributed by atoms with Gasteiger partial charge in [-0.2, -0.15) is 0 Å². The SMILES string of the molecule is CC(=O)NCC(=O)N1CCc2oncc2C1. The van der Waals surface area contributed by atoms with Crippen LogP contribution in [0.15, 0.2) is 10.7 Å². The van der Waals surface area contributed by atoms with Crippen LogP contribution < -0.4 is 5.32 Å². The predicted octanol–water partition coefficient (Wildman–Crippen LogP) is -0.305. The van der Waals surface area contributed by atoms with Gasteiger partial charge < -0.3 is 14.7 Å². The van der Waals surface area contributed by atoms with E-state index in [1.54, 1.807) is 11.1 Å². The molecule has 2 rings (SSSR count). The van der Waals surface area contributed by atoms with Gasteiger partial charge in [0, 0.05) is 25.5 Å². The van der Waals surface area contributed by atoms with Crippen LogP contribution in [0.1, 0.15) is 18.2 Å². The highest BCUT2D eigenvalue weighted by Gasteiger charge is 2.23. The zero-order valence-corrected chi connectivity index (χ0v) is 9.02. The van der Waals surface area contributed by atoms with Crippen LogP contribution in [0, 0.1) is 0 Å². The average molecular weight is 223 g/mol. The number of nitrogens with one attached hydrogen (secondary N) is 1. The second-order valence-electron chi connectivity index (χ2n) is 3.75. The Morgan fingerprint density at radius 1 is 1.62 bits per heavy atom. The summed E-state index contributed by atoms with van der Waals surface area (Å²) in [7, 11) is 0. The molecular weight excluding hydrogens is 210 g/mol. The summed E-state index contributed by atoms with van der Waals surface area (Å²) in [6.45, 7) is 2.56. The van der Waals surface area contributed by atoms with Crippen molar-refractivity contribution >= 4 is 11.8 Å². The highest BCUT2D eigenvalue weighted by molar-refractivity contribution is 5.83. The van der Waals surface area contributed by atoms with E-state index >= 15 is 0 Å². The van der Waals surface area contributed by atoms with E-state index in [1.165, 1.54) is 6.92 Å². The van der Waals surface area contributed by atoms with Gasteiger partial charge >= 0.3 is 0 Å². The average Bonchev–Trinajstić information content (AvgIpc) is 2.72. The molecule has 0 atom stereocenters. The minimum absolute atomic E-state index is 0.0515. The third-order valence-electron chi connectivity index (χ3n) is 2.54. The quantitative estimate of drug-likeness (QED) is 0.746. The Morgan fingerprint density at radius 2 is 2.44 bits per heavy atom. The van der Waals surface area contributed by atoms with E-state index in [1.807, 2.05) is 0 Å². The van der Waals surface area contributed by atoms with Gasteiger partial charge in [0.2, 0.25) is 11.8 Å². The van der Waals surface area contributed by atoms with Crippen LogP contribution in [0.3, 0.4) is 0 Å². The summed E-state index contributed by atoms with van der Waals surface area (Å²) in [6, 6.07) is 0. The Hall–Kier alpha value is -1.85. The highest BCUT2D eigenvalue weighted by Crippen LogP contribution is 2.17. The van der Waals surface area contributed by atoms with Crippen molar-refractivity contribution in [2.75, 3.05) is 13.1 Å². The van der Waals surface area contributed by atoms with Gasteiger partial charge in [0.1, 0.15) is 5.76 Å². The minimum Gasteiger partial charge on any atom is -0.361 e. The Balaban J connectivity index is 1.93. The Morgan fingerprint density at radius 3 is 3.19 bits per heavy atom. The van der Waals surface area contributed by atoms with Crippen molar-refractivity contribution in [1.29, 1.82) is 0 Å². The molecule has 2 heterocycles. The zero-order chi connectivity index (χ0) is 11.5. The van der Waals surface area contributed by atoms with E-state index in [4.69, 9.17) is 4.52 Å². The molecule has 86 valence electrons. The van der Waals surface area contributed by atoms with Crippen LogP contribution in [0.5, 0.6) is 0 Å². The van der Waals surface area contributed by atoms with E-state index in [2.05, 4.69) is 10.5 Å². The number of hydrogen-bond acceptors (Lipinski definition) is 4. The van der Waals surface area contributed by atoms with Crippen molar-refractivity contribution in [2.45, 2.75) is 19.9 Å². The fourth-order valence-corrected chi connectivity index (χ4v) is 1.67. The lowest BCUT2D eigenvalue weighted by atomic mass is 10.1. The van der Waals surface area contributed by atoms with E-state index in [0.29, 0.717) is 19.5 Å². The maximum Gasteiger partial charge on any atom is 0.242 e. The van der Waals surface area contributed by atoms with Crippen LogP contribution in [-0.2, 0) is 22.6 Å². The molecule has 0 saturated carbocycles. The fourth-order valence-electron chi connectivity index (χ4n) is 1.67. The summed E-state index contributed by atoms with van der Waals surface area (Å²) in [5, 5.41) is 6.18. The summed E-state index contributed by atoms with van der Waals surface area (Å²) in [6.07, 6.45) is 2.31. The van der Waals surface area contributed by atoms with E-state index in [0.717, 1.165) is 11.3 Å². The van der Waals surface area contributed by atoms with E-state index < -0.39 is 0 Å². The molecule has 0 radical (unpaired) electrons. The lowest BCUT2D eigenvalue weighted by molar-refractivity contribution is -0.133. The minimum atomic E-state index is -0.198. The van der Waals surface area contributed by atoms with Crippen LogP contribution in [0.4, 0.5) is 0 Å². The molecule has 0 bridgehead atoms. The second-order valence-corrected chi connectivity index (χ2v) is 3.75. The molecule has 6 nitrogen and oxygen atoms in total. The second kappa shape index (κ2) is 4.34. The Kier molecular flexibility index (Phi) is 2.89. The standard InChI is InChI=1S/C10H13N3O3/c1-7(14)11-5-10(15)13-3-2-9-8(6-13)4-12-16-9/h4H,2-3,5-6H2,1H3,(H,11,14). The van der Waals surface area contributed by atoms with Crippen molar-refractivity contribution in [2.24, 2.45) is 0 Å². The predicted molar refractivity (Wildman–Crippen MR) is 54.3 cm³/mol. The Bertz CT molecular complexity index is 413. The first-order valence-electron chi connectivity index (χ1n) is 5.11. The number of nitrogens with zero attached hydrogens (tertiary/aromatic N) is 2. The molecule has 0 saturated heterocycles. The lowest BCUT2D eigenvalue weighted by Crippen LogP contribution is -2.41.